The molecule has 3 heterocycles. The van der Waals surface area contributed by atoms with E-state index in [1.165, 1.54) is 0 Å². The number of nitrogens with zero attached hydrogens (tertiary/aromatic N) is 4. The van der Waals surface area contributed by atoms with Crippen molar-refractivity contribution in [1.29, 1.82) is 0 Å². The van der Waals surface area contributed by atoms with Gasteiger partial charge >= 0.3 is 0 Å². The average molecular weight is 344 g/mol. The van der Waals surface area contributed by atoms with Crippen molar-refractivity contribution in [1.82, 2.24) is 19.9 Å². The minimum Gasteiger partial charge on any atom is -0.457 e. The van der Waals surface area contributed by atoms with Crippen molar-refractivity contribution < 1.29 is 18.9 Å². The highest BCUT2D eigenvalue weighted by Gasteiger charge is 2.29. The number of ether oxygens (including phenoxy) is 4. The Labute approximate surface area is 145 Å². The summed E-state index contributed by atoms with van der Waals surface area (Å²) in [6, 6.07) is 0. The number of hydrogen-bond donors (Lipinski definition) is 0. The highest BCUT2D eigenvalue weighted by atomic mass is 16.7. The Morgan fingerprint density at radius 1 is 0.920 bits per heavy atom. The molecule has 0 N–H and O–H groups in total. The van der Waals surface area contributed by atoms with Crippen LogP contribution < -0.4 is 0 Å². The van der Waals surface area contributed by atoms with E-state index in [4.69, 9.17) is 18.9 Å². The first-order valence-electron chi connectivity index (χ1n) is 7.77. The largest absolute Gasteiger partial charge is 0.457 e. The third-order valence-electron chi connectivity index (χ3n) is 3.58. The van der Waals surface area contributed by atoms with E-state index in [0.717, 1.165) is 5.69 Å². The van der Waals surface area contributed by atoms with Gasteiger partial charge in [-0.15, -0.1) is 0 Å². The molecule has 8 heteroatoms. The Hall–Kier alpha value is -2.58. The quantitative estimate of drug-likeness (QED) is 0.737. The fraction of sp³-hybridized carbons (Fsp3) is 0.412. The van der Waals surface area contributed by atoms with Crippen LogP contribution in [0.3, 0.4) is 0 Å². The molecule has 25 heavy (non-hydrogen) atoms. The van der Waals surface area contributed by atoms with Crippen molar-refractivity contribution in [2.75, 3.05) is 14.2 Å². The van der Waals surface area contributed by atoms with Gasteiger partial charge in [-0.2, -0.15) is 0 Å². The standard InChI is InChI=1S/C17H20N4O4/c1-17(2)24-10-15(25-17)14-9-20-13(8-21-14)12-7-18-11(6-19-12)5-16(22-3)23-4/h6-10,16H,5H2,1-4H3. The lowest BCUT2D eigenvalue weighted by molar-refractivity contribution is -0.102. The Balaban J connectivity index is 1.70. The lowest BCUT2D eigenvalue weighted by atomic mass is 10.2. The molecule has 0 saturated carbocycles. The molecule has 1 aliphatic rings. The van der Waals surface area contributed by atoms with E-state index in [9.17, 15) is 0 Å². The summed E-state index contributed by atoms with van der Waals surface area (Å²) in [6.07, 6.45) is 8.29. The van der Waals surface area contributed by atoms with E-state index in [-0.39, 0.29) is 6.29 Å². The summed E-state index contributed by atoms with van der Waals surface area (Å²) in [7, 11) is 3.17. The van der Waals surface area contributed by atoms with Crippen LogP contribution in [0.4, 0.5) is 0 Å². The molecular formula is C17H20N4O4. The van der Waals surface area contributed by atoms with Crippen molar-refractivity contribution >= 4 is 5.76 Å². The highest BCUT2D eigenvalue weighted by Crippen LogP contribution is 2.29. The van der Waals surface area contributed by atoms with Crippen molar-refractivity contribution in [2.45, 2.75) is 32.3 Å². The topological polar surface area (TPSA) is 88.5 Å². The molecule has 0 radical (unpaired) electrons. The first-order chi connectivity index (χ1) is 12.0. The summed E-state index contributed by atoms with van der Waals surface area (Å²) in [5, 5.41) is 0. The molecular weight excluding hydrogens is 324 g/mol. The average Bonchev–Trinajstić information content (AvgIpc) is 3.00. The number of methoxy groups -OCH3 is 2. The lowest BCUT2D eigenvalue weighted by Crippen LogP contribution is -2.20. The van der Waals surface area contributed by atoms with Gasteiger partial charge in [-0.1, -0.05) is 0 Å². The summed E-state index contributed by atoms with van der Waals surface area (Å²) in [5.41, 5.74) is 2.62. The maximum absolute atomic E-state index is 5.64. The van der Waals surface area contributed by atoms with E-state index < -0.39 is 5.79 Å². The van der Waals surface area contributed by atoms with Crippen LogP contribution >= 0.6 is 0 Å². The van der Waals surface area contributed by atoms with Crippen LogP contribution in [0.2, 0.25) is 0 Å². The highest BCUT2D eigenvalue weighted by molar-refractivity contribution is 5.58. The van der Waals surface area contributed by atoms with Gasteiger partial charge in [0.25, 0.3) is 0 Å². The minimum absolute atomic E-state index is 0.342. The second kappa shape index (κ2) is 7.12. The van der Waals surface area contributed by atoms with Crippen molar-refractivity contribution in [3.63, 3.8) is 0 Å². The van der Waals surface area contributed by atoms with E-state index in [1.54, 1.807) is 45.3 Å². The Kier molecular flexibility index (Phi) is 4.91. The van der Waals surface area contributed by atoms with Gasteiger partial charge < -0.3 is 18.9 Å². The van der Waals surface area contributed by atoms with Crippen LogP contribution in [0.5, 0.6) is 0 Å². The zero-order valence-corrected chi connectivity index (χ0v) is 14.6. The fourth-order valence-electron chi connectivity index (χ4n) is 2.23. The zero-order valence-electron chi connectivity index (χ0n) is 14.6. The molecule has 0 atom stereocenters. The monoisotopic (exact) mass is 344 g/mol. The van der Waals surface area contributed by atoms with Crippen molar-refractivity contribution in [3.05, 3.63) is 42.4 Å². The lowest BCUT2D eigenvalue weighted by Gasteiger charge is -2.17. The Bertz CT molecular complexity index is 740. The van der Waals surface area contributed by atoms with Crippen LogP contribution in [0.25, 0.3) is 17.1 Å². The van der Waals surface area contributed by atoms with E-state index >= 15 is 0 Å². The van der Waals surface area contributed by atoms with Gasteiger partial charge in [0.15, 0.2) is 12.0 Å². The van der Waals surface area contributed by atoms with E-state index in [2.05, 4.69) is 19.9 Å². The number of rotatable bonds is 6. The molecule has 0 amide bonds. The van der Waals surface area contributed by atoms with Crippen LogP contribution in [0, 0.1) is 0 Å². The second-order valence-corrected chi connectivity index (χ2v) is 5.89. The van der Waals surface area contributed by atoms with Gasteiger partial charge in [0, 0.05) is 40.7 Å². The predicted octanol–water partition coefficient (Wildman–Crippen LogP) is 2.18. The molecule has 2 aromatic heterocycles. The van der Waals surface area contributed by atoms with Gasteiger partial charge in [0.2, 0.25) is 5.79 Å². The Morgan fingerprint density at radius 2 is 1.52 bits per heavy atom. The first-order valence-corrected chi connectivity index (χ1v) is 7.77. The second-order valence-electron chi connectivity index (χ2n) is 5.89. The normalized spacial score (nSPS) is 15.6. The van der Waals surface area contributed by atoms with Crippen LogP contribution in [0.15, 0.2) is 31.0 Å². The van der Waals surface area contributed by atoms with Crippen LogP contribution in [-0.2, 0) is 25.4 Å². The van der Waals surface area contributed by atoms with Gasteiger partial charge in [-0.3, -0.25) is 15.0 Å². The molecule has 132 valence electrons. The fourth-order valence-corrected chi connectivity index (χ4v) is 2.23. The maximum atomic E-state index is 5.64. The van der Waals surface area contributed by atoms with Gasteiger partial charge in [-0.25, -0.2) is 4.98 Å². The van der Waals surface area contributed by atoms with E-state index in [0.29, 0.717) is 29.3 Å². The summed E-state index contributed by atoms with van der Waals surface area (Å²) in [4.78, 5) is 17.5. The van der Waals surface area contributed by atoms with Crippen molar-refractivity contribution in [2.24, 2.45) is 0 Å². The molecule has 0 fully saturated rings. The summed E-state index contributed by atoms with van der Waals surface area (Å²) in [5.74, 6) is -0.130. The molecule has 1 aliphatic heterocycles. The molecule has 0 aromatic carbocycles. The molecule has 8 nitrogen and oxygen atoms in total. The zero-order chi connectivity index (χ0) is 17.9. The molecule has 0 spiro atoms. The molecule has 2 aromatic rings. The Morgan fingerprint density at radius 3 is 2.00 bits per heavy atom. The summed E-state index contributed by atoms with van der Waals surface area (Å²) in [6.45, 7) is 3.65. The number of hydrogen-bond acceptors (Lipinski definition) is 8. The summed E-state index contributed by atoms with van der Waals surface area (Å²) >= 11 is 0. The van der Waals surface area contributed by atoms with Gasteiger partial charge in [-0.05, 0) is 0 Å². The molecule has 0 aliphatic carbocycles. The predicted molar refractivity (Wildman–Crippen MR) is 88.8 cm³/mol. The smallest absolute Gasteiger partial charge is 0.245 e. The first kappa shape index (κ1) is 17.2. The summed E-state index contributed by atoms with van der Waals surface area (Å²) < 4.78 is 21.3. The van der Waals surface area contributed by atoms with Crippen LogP contribution in [0.1, 0.15) is 25.2 Å². The van der Waals surface area contributed by atoms with Crippen LogP contribution in [-0.4, -0.2) is 46.2 Å². The molecule has 0 unspecified atom stereocenters. The van der Waals surface area contributed by atoms with Gasteiger partial charge in [0.05, 0.1) is 24.3 Å². The third-order valence-corrected chi connectivity index (χ3v) is 3.58. The van der Waals surface area contributed by atoms with E-state index in [1.807, 2.05) is 13.8 Å². The third kappa shape index (κ3) is 4.09. The number of aromatic nitrogens is 4. The molecule has 0 saturated heterocycles. The molecule has 0 bridgehead atoms. The maximum Gasteiger partial charge on any atom is 0.245 e. The molecule has 3 rings (SSSR count). The van der Waals surface area contributed by atoms with Gasteiger partial charge in [0.1, 0.15) is 23.3 Å². The van der Waals surface area contributed by atoms with Crippen molar-refractivity contribution in [3.8, 4) is 11.4 Å². The SMILES string of the molecule is COC(Cc1cnc(-c2cnc(C3=COC(C)(C)O3)cn2)cn1)OC. The minimum atomic E-state index is -0.681.